The third-order valence-electron chi connectivity index (χ3n) is 5.15. The summed E-state index contributed by atoms with van der Waals surface area (Å²) in [6.07, 6.45) is 8.43. The average Bonchev–Trinajstić information content (AvgIpc) is 2.76. The quantitative estimate of drug-likeness (QED) is 0.742. The van der Waals surface area contributed by atoms with Crippen molar-refractivity contribution >= 4 is 0 Å². The van der Waals surface area contributed by atoms with Crippen molar-refractivity contribution in [3.8, 4) is 6.07 Å². The first kappa shape index (κ1) is 9.70. The van der Waals surface area contributed by atoms with E-state index in [-0.39, 0.29) is 0 Å². The van der Waals surface area contributed by atoms with Gasteiger partial charge in [0.05, 0.1) is 0 Å². The summed E-state index contributed by atoms with van der Waals surface area (Å²) in [5.74, 6) is 4.84. The minimum Gasteiger partial charge on any atom is -0.447 e. The molecular formula is C14H16N2O. The van der Waals surface area contributed by atoms with Crippen LogP contribution >= 0.6 is 0 Å². The summed E-state index contributed by atoms with van der Waals surface area (Å²) in [5, 5.41) is 8.83. The Balaban J connectivity index is 1.68. The molecule has 4 fully saturated rings. The Bertz CT molecular complexity index is 457. The van der Waals surface area contributed by atoms with Crippen molar-refractivity contribution < 1.29 is 4.42 Å². The third kappa shape index (κ3) is 1.36. The number of hydrogen-bond acceptors (Lipinski definition) is 3. The van der Waals surface area contributed by atoms with Crippen LogP contribution in [0.3, 0.4) is 0 Å². The van der Waals surface area contributed by atoms with Crippen LogP contribution in [0.15, 0.2) is 10.7 Å². The van der Waals surface area contributed by atoms with E-state index >= 15 is 0 Å². The van der Waals surface area contributed by atoms with Gasteiger partial charge in [0.1, 0.15) is 12.3 Å². The number of rotatable bonds is 1. The van der Waals surface area contributed by atoms with E-state index in [0.717, 1.165) is 29.6 Å². The highest BCUT2D eigenvalue weighted by atomic mass is 16.3. The van der Waals surface area contributed by atoms with Gasteiger partial charge in [-0.2, -0.15) is 5.26 Å². The molecule has 4 bridgehead atoms. The fourth-order valence-electron chi connectivity index (χ4n) is 4.82. The molecule has 17 heavy (non-hydrogen) atoms. The van der Waals surface area contributed by atoms with Crippen LogP contribution in [0, 0.1) is 35.0 Å². The lowest BCUT2D eigenvalue weighted by molar-refractivity contribution is -0.0114. The predicted molar refractivity (Wildman–Crippen MR) is 61.0 cm³/mol. The molecule has 0 atom stereocenters. The van der Waals surface area contributed by atoms with Gasteiger partial charge in [-0.05, 0) is 55.8 Å². The molecule has 0 saturated heterocycles. The molecule has 0 aromatic carbocycles. The number of aromatic nitrogens is 1. The molecule has 1 aromatic heterocycles. The summed E-state index contributed by atoms with van der Waals surface area (Å²) < 4.78 is 5.55. The molecule has 1 heterocycles. The van der Waals surface area contributed by atoms with Crippen LogP contribution in [0.25, 0.3) is 0 Å². The van der Waals surface area contributed by atoms with Crippen LogP contribution in [0.1, 0.15) is 49.6 Å². The second kappa shape index (κ2) is 3.35. The SMILES string of the molecule is N#Cc1coc(C2C3CC4CC(C3)CC2C4)n1. The van der Waals surface area contributed by atoms with Crippen LogP contribution in [-0.4, -0.2) is 4.98 Å². The largest absolute Gasteiger partial charge is 0.447 e. The Labute approximate surface area is 101 Å². The Kier molecular flexibility index (Phi) is 1.91. The van der Waals surface area contributed by atoms with Crippen molar-refractivity contribution in [1.82, 2.24) is 4.98 Å². The molecule has 0 radical (unpaired) electrons. The Morgan fingerprint density at radius 2 is 1.76 bits per heavy atom. The van der Waals surface area contributed by atoms with Gasteiger partial charge < -0.3 is 4.42 Å². The van der Waals surface area contributed by atoms with Gasteiger partial charge in [0.15, 0.2) is 11.6 Å². The topological polar surface area (TPSA) is 49.8 Å². The van der Waals surface area contributed by atoms with Crippen molar-refractivity contribution in [1.29, 1.82) is 5.26 Å². The first-order chi connectivity index (χ1) is 8.33. The third-order valence-corrected chi connectivity index (χ3v) is 5.15. The second-order valence-electron chi connectivity index (χ2n) is 6.14. The predicted octanol–water partition coefficient (Wildman–Crippen LogP) is 3.09. The molecule has 4 saturated carbocycles. The summed E-state index contributed by atoms with van der Waals surface area (Å²) in [6, 6.07) is 2.06. The molecule has 4 aliphatic rings. The highest BCUT2D eigenvalue weighted by molar-refractivity contribution is 5.18. The number of hydrogen-bond donors (Lipinski definition) is 0. The van der Waals surface area contributed by atoms with E-state index in [9.17, 15) is 0 Å². The highest BCUT2D eigenvalue weighted by Crippen LogP contribution is 2.59. The Morgan fingerprint density at radius 3 is 2.29 bits per heavy atom. The molecule has 0 unspecified atom stereocenters. The van der Waals surface area contributed by atoms with Crippen molar-refractivity contribution in [2.75, 3.05) is 0 Å². The average molecular weight is 228 g/mol. The van der Waals surface area contributed by atoms with E-state index in [2.05, 4.69) is 11.1 Å². The maximum Gasteiger partial charge on any atom is 0.198 e. The summed E-state index contributed by atoms with van der Waals surface area (Å²) in [7, 11) is 0. The molecule has 3 heteroatoms. The zero-order valence-electron chi connectivity index (χ0n) is 9.80. The number of nitriles is 1. The van der Waals surface area contributed by atoms with Crippen LogP contribution in [0.4, 0.5) is 0 Å². The van der Waals surface area contributed by atoms with Crippen molar-refractivity contribution in [3.63, 3.8) is 0 Å². The van der Waals surface area contributed by atoms with Crippen LogP contribution in [0.5, 0.6) is 0 Å². The molecule has 1 aromatic rings. The zero-order chi connectivity index (χ0) is 11.4. The smallest absolute Gasteiger partial charge is 0.198 e. The van der Waals surface area contributed by atoms with E-state index in [1.54, 1.807) is 0 Å². The van der Waals surface area contributed by atoms with E-state index in [1.165, 1.54) is 38.4 Å². The lowest BCUT2D eigenvalue weighted by Crippen LogP contribution is -2.43. The van der Waals surface area contributed by atoms with Crippen molar-refractivity contribution in [2.24, 2.45) is 23.7 Å². The fraction of sp³-hybridized carbons (Fsp3) is 0.714. The Morgan fingerprint density at radius 1 is 1.12 bits per heavy atom. The number of oxazole rings is 1. The molecule has 0 spiro atoms. The van der Waals surface area contributed by atoms with Crippen LogP contribution < -0.4 is 0 Å². The minimum atomic E-state index is 0.439. The van der Waals surface area contributed by atoms with Gasteiger partial charge in [-0.3, -0.25) is 0 Å². The molecule has 5 rings (SSSR count). The van der Waals surface area contributed by atoms with E-state index in [4.69, 9.17) is 9.68 Å². The normalized spacial score (nSPS) is 42.6. The van der Waals surface area contributed by atoms with Gasteiger partial charge in [0.25, 0.3) is 0 Å². The minimum absolute atomic E-state index is 0.439. The lowest BCUT2D eigenvalue weighted by Gasteiger charge is -2.53. The van der Waals surface area contributed by atoms with Gasteiger partial charge in [-0.15, -0.1) is 0 Å². The maximum atomic E-state index is 8.83. The highest BCUT2D eigenvalue weighted by Gasteiger charge is 2.50. The van der Waals surface area contributed by atoms with Gasteiger partial charge in [-0.25, -0.2) is 4.98 Å². The molecule has 0 N–H and O–H groups in total. The summed E-state index contributed by atoms with van der Waals surface area (Å²) in [4.78, 5) is 4.35. The van der Waals surface area contributed by atoms with Gasteiger partial charge >= 0.3 is 0 Å². The van der Waals surface area contributed by atoms with Gasteiger partial charge in [0.2, 0.25) is 0 Å². The van der Waals surface area contributed by atoms with E-state index < -0.39 is 0 Å². The molecular weight excluding hydrogens is 212 g/mol. The maximum absolute atomic E-state index is 8.83. The molecule has 0 aliphatic heterocycles. The molecule has 3 nitrogen and oxygen atoms in total. The molecule has 88 valence electrons. The number of nitrogens with zero attached hydrogens (tertiary/aromatic N) is 2. The first-order valence-corrected chi connectivity index (χ1v) is 6.69. The molecule has 0 amide bonds. The molecule has 4 aliphatic carbocycles. The second-order valence-corrected chi connectivity index (χ2v) is 6.14. The fourth-order valence-corrected chi connectivity index (χ4v) is 4.82. The lowest BCUT2D eigenvalue weighted by atomic mass is 9.52. The van der Waals surface area contributed by atoms with Gasteiger partial charge in [-0.1, -0.05) is 0 Å². The van der Waals surface area contributed by atoms with Crippen molar-refractivity contribution in [2.45, 2.75) is 38.0 Å². The van der Waals surface area contributed by atoms with Crippen molar-refractivity contribution in [3.05, 3.63) is 17.8 Å². The summed E-state index contributed by atoms with van der Waals surface area (Å²) >= 11 is 0. The van der Waals surface area contributed by atoms with Crippen LogP contribution in [-0.2, 0) is 0 Å². The standard InChI is InChI=1S/C14H16N2O/c15-6-12-7-17-14(16-12)13-10-2-8-1-9(4-10)5-11(13)3-8/h7-11,13H,1-5H2. The van der Waals surface area contributed by atoms with Crippen LogP contribution in [0.2, 0.25) is 0 Å². The van der Waals surface area contributed by atoms with Gasteiger partial charge in [0, 0.05) is 5.92 Å². The van der Waals surface area contributed by atoms with E-state index in [0.29, 0.717) is 11.6 Å². The van der Waals surface area contributed by atoms with E-state index in [1.807, 2.05) is 0 Å². The first-order valence-electron chi connectivity index (χ1n) is 6.69. The zero-order valence-corrected chi connectivity index (χ0v) is 9.80. The summed E-state index contributed by atoms with van der Waals surface area (Å²) in [6.45, 7) is 0. The Hall–Kier alpha value is -1.30. The monoisotopic (exact) mass is 228 g/mol. The summed E-state index contributed by atoms with van der Waals surface area (Å²) in [5.41, 5.74) is 0.439.